The molecule has 0 aliphatic carbocycles. The third-order valence-electron chi connectivity index (χ3n) is 4.48. The molecule has 0 fully saturated rings. The second-order valence-electron chi connectivity index (χ2n) is 6.82. The van der Waals surface area contributed by atoms with Gasteiger partial charge in [0.15, 0.2) is 0 Å². The van der Waals surface area contributed by atoms with E-state index in [2.05, 4.69) is 10.6 Å². The Morgan fingerprint density at radius 1 is 1.12 bits per heavy atom. The van der Waals surface area contributed by atoms with Gasteiger partial charge in [-0.05, 0) is 17.7 Å². The fourth-order valence-electron chi connectivity index (χ4n) is 3.02. The van der Waals surface area contributed by atoms with Crippen molar-refractivity contribution in [2.24, 2.45) is 0 Å². The molecule has 1 aliphatic rings. The zero-order valence-corrected chi connectivity index (χ0v) is 17.5. The average Bonchev–Trinajstić information content (AvgIpc) is 3.17. The lowest BCUT2D eigenvalue weighted by Crippen LogP contribution is -2.32. The molecule has 0 bridgehead atoms. The summed E-state index contributed by atoms with van der Waals surface area (Å²) < 4.78 is 42.4. The van der Waals surface area contributed by atoms with Crippen LogP contribution in [-0.4, -0.2) is 54.5 Å². The van der Waals surface area contributed by atoms with E-state index in [4.69, 9.17) is 24.5 Å². The quantitative estimate of drug-likeness (QED) is 0.506. The molecule has 1 heterocycles. The van der Waals surface area contributed by atoms with Crippen molar-refractivity contribution >= 4 is 29.2 Å². The number of alkyl halides is 3. The number of rotatable bonds is 6. The second-order valence-corrected chi connectivity index (χ2v) is 6.82. The van der Waals surface area contributed by atoms with Gasteiger partial charge in [0.25, 0.3) is 0 Å². The highest BCUT2D eigenvalue weighted by atomic mass is 19.4. The van der Waals surface area contributed by atoms with Gasteiger partial charge in [0.1, 0.15) is 17.5 Å². The van der Waals surface area contributed by atoms with Crippen molar-refractivity contribution in [1.29, 1.82) is 0 Å². The van der Waals surface area contributed by atoms with E-state index in [9.17, 15) is 22.8 Å². The molecule has 9 nitrogen and oxygen atoms in total. The summed E-state index contributed by atoms with van der Waals surface area (Å²) in [6, 6.07) is 10.00. The third-order valence-corrected chi connectivity index (χ3v) is 4.48. The Bertz CT molecular complexity index is 1040. The van der Waals surface area contributed by atoms with E-state index in [1.807, 2.05) is 6.07 Å². The maximum Gasteiger partial charge on any atom is 0.490 e. The molecule has 1 aliphatic heterocycles. The van der Waals surface area contributed by atoms with Crippen molar-refractivity contribution in [2.75, 3.05) is 24.9 Å². The fourth-order valence-corrected chi connectivity index (χ4v) is 3.02. The van der Waals surface area contributed by atoms with Gasteiger partial charge in [0.2, 0.25) is 5.91 Å². The maximum atomic E-state index is 12.6. The molecular weight excluding hydrogens is 449 g/mol. The average molecular weight is 470 g/mol. The van der Waals surface area contributed by atoms with Gasteiger partial charge in [-0.2, -0.15) is 13.2 Å². The van der Waals surface area contributed by atoms with E-state index in [1.165, 1.54) is 0 Å². The third kappa shape index (κ3) is 7.02. The van der Waals surface area contributed by atoms with E-state index in [0.29, 0.717) is 29.2 Å². The van der Waals surface area contributed by atoms with Crippen LogP contribution in [-0.2, 0) is 27.2 Å². The zero-order valence-electron chi connectivity index (χ0n) is 17.5. The smallest absolute Gasteiger partial charge is 0.490 e. The van der Waals surface area contributed by atoms with E-state index in [0.717, 1.165) is 11.3 Å². The second kappa shape index (κ2) is 10.6. The monoisotopic (exact) mass is 470 g/mol. The number of ether oxygens (including phenoxy) is 2. The molecule has 0 aromatic heterocycles. The topological polar surface area (TPSA) is 134 Å². The van der Waals surface area contributed by atoms with Crippen molar-refractivity contribution in [2.45, 2.75) is 25.1 Å². The van der Waals surface area contributed by atoms with Crippen LogP contribution in [0.15, 0.2) is 36.4 Å². The van der Waals surface area contributed by atoms with E-state index in [-0.39, 0.29) is 12.3 Å². The molecule has 2 aromatic carbocycles. The molecule has 1 unspecified atom stereocenters. The Morgan fingerprint density at radius 3 is 2.33 bits per heavy atom. The van der Waals surface area contributed by atoms with Gasteiger partial charge in [0, 0.05) is 35.5 Å². The van der Waals surface area contributed by atoms with Crippen LogP contribution in [0.2, 0.25) is 0 Å². The number of aliphatic carboxylic acids is 2. The molecule has 33 heavy (non-hydrogen) atoms. The lowest BCUT2D eigenvalue weighted by atomic mass is 10.1. The van der Waals surface area contributed by atoms with Gasteiger partial charge >= 0.3 is 18.1 Å². The highest BCUT2D eigenvalue weighted by Gasteiger charge is 2.38. The highest BCUT2D eigenvalue weighted by Crippen LogP contribution is 2.38. The number of methoxy groups -OCH3 is 2. The largest absolute Gasteiger partial charge is 0.497 e. The first-order valence-electron chi connectivity index (χ1n) is 9.37. The van der Waals surface area contributed by atoms with Crippen LogP contribution in [0.4, 0.5) is 24.5 Å². The summed E-state index contributed by atoms with van der Waals surface area (Å²) in [5.74, 6) is -2.55. The van der Waals surface area contributed by atoms with Crippen molar-refractivity contribution in [3.63, 3.8) is 0 Å². The zero-order chi connectivity index (χ0) is 24.8. The van der Waals surface area contributed by atoms with Gasteiger partial charge < -0.3 is 30.3 Å². The van der Waals surface area contributed by atoms with Gasteiger partial charge in [-0.1, -0.05) is 12.1 Å². The molecule has 1 amide bonds. The lowest BCUT2D eigenvalue weighted by Gasteiger charge is -2.12. The number of carbonyl (C=O) groups excluding carboxylic acids is 1. The molecule has 4 N–H and O–H groups in total. The standard InChI is InChI=1S/C19H20N2O5.C2HF3O2/c1-25-13-8-15-14(17(9-13)26-2)10-16(21-15)19(24)20-12-5-3-4-11(6-12)7-18(22)23;3-2(4,5)1(6)7/h3-6,8-9,16,21H,7,10H2,1-2H3,(H,20,24)(H,22,23);(H,6,7). The van der Waals surface area contributed by atoms with Gasteiger partial charge in [-0.25, -0.2) is 4.79 Å². The molecule has 0 saturated carbocycles. The Hall–Kier alpha value is -3.96. The van der Waals surface area contributed by atoms with Crippen molar-refractivity contribution in [3.05, 3.63) is 47.5 Å². The van der Waals surface area contributed by atoms with Gasteiger partial charge in [0.05, 0.1) is 20.6 Å². The molecule has 0 radical (unpaired) electrons. The lowest BCUT2D eigenvalue weighted by molar-refractivity contribution is -0.192. The molecule has 12 heteroatoms. The summed E-state index contributed by atoms with van der Waals surface area (Å²) in [7, 11) is 3.15. The summed E-state index contributed by atoms with van der Waals surface area (Å²) in [6.45, 7) is 0. The number of halogens is 3. The van der Waals surface area contributed by atoms with Crippen molar-refractivity contribution in [1.82, 2.24) is 0 Å². The van der Waals surface area contributed by atoms with Crippen LogP contribution < -0.4 is 20.1 Å². The minimum atomic E-state index is -5.08. The molecule has 2 aromatic rings. The molecule has 0 spiro atoms. The minimum absolute atomic E-state index is 0.0895. The summed E-state index contributed by atoms with van der Waals surface area (Å²) in [5.41, 5.74) is 2.93. The summed E-state index contributed by atoms with van der Waals surface area (Å²) in [6.07, 6.45) is -4.68. The van der Waals surface area contributed by atoms with Crippen molar-refractivity contribution in [3.8, 4) is 11.5 Å². The Morgan fingerprint density at radius 2 is 1.79 bits per heavy atom. The first kappa shape index (κ1) is 25.3. The van der Waals surface area contributed by atoms with E-state index in [1.54, 1.807) is 44.6 Å². The number of hydrogen-bond donors (Lipinski definition) is 4. The predicted molar refractivity (Wildman–Crippen MR) is 111 cm³/mol. The molecule has 178 valence electrons. The van der Waals surface area contributed by atoms with E-state index >= 15 is 0 Å². The van der Waals surface area contributed by atoms with Crippen LogP contribution in [0.5, 0.6) is 11.5 Å². The summed E-state index contributed by atoms with van der Waals surface area (Å²) >= 11 is 0. The van der Waals surface area contributed by atoms with Crippen LogP contribution in [0, 0.1) is 0 Å². The number of hydrogen-bond acceptors (Lipinski definition) is 6. The molecule has 1 atom stereocenters. The van der Waals surface area contributed by atoms with Gasteiger partial charge in [-0.15, -0.1) is 0 Å². The normalized spacial score (nSPS) is 14.2. The summed E-state index contributed by atoms with van der Waals surface area (Å²) in [4.78, 5) is 32.3. The van der Waals surface area contributed by atoms with Crippen molar-refractivity contribution < 1.29 is 47.2 Å². The number of carbonyl (C=O) groups is 3. The van der Waals surface area contributed by atoms with Crippen LogP contribution in [0.3, 0.4) is 0 Å². The van der Waals surface area contributed by atoms with Crippen LogP contribution in [0.1, 0.15) is 11.1 Å². The number of benzene rings is 2. The minimum Gasteiger partial charge on any atom is -0.497 e. The Labute approximate surface area is 186 Å². The van der Waals surface area contributed by atoms with Gasteiger partial charge in [-0.3, -0.25) is 9.59 Å². The number of carboxylic acids is 2. The summed E-state index contributed by atoms with van der Waals surface area (Å²) in [5, 5.41) is 22.0. The highest BCUT2D eigenvalue weighted by molar-refractivity contribution is 5.98. The van der Waals surface area contributed by atoms with E-state index < -0.39 is 24.2 Å². The van der Waals surface area contributed by atoms with Crippen LogP contribution in [0.25, 0.3) is 0 Å². The number of anilines is 2. The molecular formula is C21H21F3N2O7. The Kier molecular flexibility index (Phi) is 8.10. The molecule has 3 rings (SSSR count). The Balaban J connectivity index is 0.000000479. The number of carboxylic acid groups (broad SMARTS) is 2. The number of fused-ring (bicyclic) bond motifs is 1. The molecule has 0 saturated heterocycles. The first-order valence-corrected chi connectivity index (χ1v) is 9.37. The fraction of sp³-hybridized carbons (Fsp3) is 0.286. The number of amides is 1. The van der Waals surface area contributed by atoms with Crippen LogP contribution >= 0.6 is 0 Å². The first-order chi connectivity index (χ1) is 15.4. The maximum absolute atomic E-state index is 12.6. The number of nitrogens with one attached hydrogen (secondary N) is 2. The SMILES string of the molecule is COc1cc2c(c(OC)c1)CC(C(=O)Nc1cccc(CC(=O)O)c1)N2.O=C(O)C(F)(F)F. The predicted octanol–water partition coefficient (Wildman–Crippen LogP) is 2.94.